The minimum atomic E-state index is -3.44. The second-order valence-electron chi connectivity index (χ2n) is 5.12. The lowest BCUT2D eigenvalue weighted by Gasteiger charge is -2.31. The lowest BCUT2D eigenvalue weighted by Crippen LogP contribution is -2.39. The Balaban J connectivity index is 2.28. The van der Waals surface area contributed by atoms with Crippen LogP contribution in [0, 0.1) is 12.8 Å². The number of aryl methyl sites for hydroxylation is 1. The summed E-state index contributed by atoms with van der Waals surface area (Å²) in [7, 11) is -3.44. The summed E-state index contributed by atoms with van der Waals surface area (Å²) in [5.74, 6) is 1.41. The fourth-order valence-electron chi connectivity index (χ4n) is 2.60. The molecule has 1 aromatic heterocycles. The predicted molar refractivity (Wildman–Crippen MR) is 73.1 cm³/mol. The van der Waals surface area contributed by atoms with Crippen molar-refractivity contribution in [3.05, 3.63) is 17.6 Å². The first kappa shape index (κ1) is 14.6. The lowest BCUT2D eigenvalue weighted by atomic mass is 9.97. The maximum Gasteiger partial charge on any atom is 0.246 e. The third kappa shape index (κ3) is 2.85. The van der Waals surface area contributed by atoms with Crippen LogP contribution in [0.1, 0.15) is 37.7 Å². The zero-order valence-corrected chi connectivity index (χ0v) is 12.4. The normalized spacial score (nSPS) is 21.7. The summed E-state index contributed by atoms with van der Waals surface area (Å²) in [5, 5.41) is 0. The number of nitrogens with zero attached hydrogens (tertiary/aromatic N) is 1. The van der Waals surface area contributed by atoms with Gasteiger partial charge in [0.05, 0.1) is 6.54 Å². The fraction of sp³-hybridized carbons (Fsp3) is 0.692. The lowest BCUT2D eigenvalue weighted by molar-refractivity contribution is 0.261. The zero-order chi connectivity index (χ0) is 14.0. The molecule has 0 spiro atoms. The Morgan fingerprint density at radius 1 is 1.53 bits per heavy atom. The SMILES string of the molecule is CCC1CCCN(S(=O)(=O)c2cc(CN)oc2C)C1. The molecule has 2 rings (SSSR count). The average Bonchev–Trinajstić information content (AvgIpc) is 2.81. The van der Waals surface area contributed by atoms with E-state index in [0.29, 0.717) is 30.5 Å². The van der Waals surface area contributed by atoms with Crippen molar-refractivity contribution >= 4 is 10.0 Å². The van der Waals surface area contributed by atoms with E-state index in [1.807, 2.05) is 0 Å². The minimum absolute atomic E-state index is 0.216. The van der Waals surface area contributed by atoms with E-state index in [1.165, 1.54) is 0 Å². The standard InChI is InChI=1S/C13H22N2O3S/c1-3-11-5-4-6-15(9-11)19(16,17)13-7-12(8-14)18-10(13)2/h7,11H,3-6,8-9,14H2,1-2H3. The van der Waals surface area contributed by atoms with E-state index < -0.39 is 10.0 Å². The van der Waals surface area contributed by atoms with E-state index in [4.69, 9.17) is 10.2 Å². The van der Waals surface area contributed by atoms with Gasteiger partial charge in [0, 0.05) is 19.2 Å². The third-order valence-electron chi connectivity index (χ3n) is 3.80. The molecule has 0 bridgehead atoms. The summed E-state index contributed by atoms with van der Waals surface area (Å²) in [4.78, 5) is 0.268. The van der Waals surface area contributed by atoms with Gasteiger partial charge in [-0.25, -0.2) is 8.42 Å². The molecular weight excluding hydrogens is 264 g/mol. The van der Waals surface area contributed by atoms with Crippen LogP contribution in [0.3, 0.4) is 0 Å². The molecule has 6 heteroatoms. The van der Waals surface area contributed by atoms with Gasteiger partial charge in [-0.05, 0) is 25.7 Å². The molecule has 5 nitrogen and oxygen atoms in total. The molecule has 1 unspecified atom stereocenters. The number of rotatable bonds is 4. The summed E-state index contributed by atoms with van der Waals surface area (Å²) < 4.78 is 32.2. The topological polar surface area (TPSA) is 76.5 Å². The van der Waals surface area contributed by atoms with Crippen molar-refractivity contribution in [2.24, 2.45) is 11.7 Å². The van der Waals surface area contributed by atoms with Gasteiger partial charge in [0.25, 0.3) is 0 Å². The van der Waals surface area contributed by atoms with Gasteiger partial charge in [-0.3, -0.25) is 0 Å². The Labute approximate surface area is 114 Å². The van der Waals surface area contributed by atoms with Gasteiger partial charge in [0.2, 0.25) is 10.0 Å². The van der Waals surface area contributed by atoms with Crippen LogP contribution in [0.25, 0.3) is 0 Å². The van der Waals surface area contributed by atoms with Gasteiger partial charge in [-0.1, -0.05) is 13.3 Å². The average molecular weight is 286 g/mol. The first-order valence-corrected chi connectivity index (χ1v) is 8.22. The second kappa shape index (κ2) is 5.64. The van der Waals surface area contributed by atoms with Crippen molar-refractivity contribution < 1.29 is 12.8 Å². The van der Waals surface area contributed by atoms with Crippen molar-refractivity contribution in [1.82, 2.24) is 4.31 Å². The highest BCUT2D eigenvalue weighted by Crippen LogP contribution is 2.28. The van der Waals surface area contributed by atoms with E-state index in [9.17, 15) is 8.42 Å². The molecule has 0 saturated carbocycles. The molecular formula is C13H22N2O3S. The van der Waals surface area contributed by atoms with E-state index in [0.717, 1.165) is 19.3 Å². The first-order chi connectivity index (χ1) is 8.98. The molecule has 2 heterocycles. The van der Waals surface area contributed by atoms with Crippen molar-refractivity contribution in [1.29, 1.82) is 0 Å². The van der Waals surface area contributed by atoms with Crippen LogP contribution in [0.15, 0.2) is 15.4 Å². The van der Waals surface area contributed by atoms with Crippen molar-refractivity contribution in [2.45, 2.75) is 44.6 Å². The highest BCUT2D eigenvalue weighted by atomic mass is 32.2. The van der Waals surface area contributed by atoms with Crippen LogP contribution in [-0.4, -0.2) is 25.8 Å². The molecule has 2 N–H and O–H groups in total. The Morgan fingerprint density at radius 3 is 2.84 bits per heavy atom. The van der Waals surface area contributed by atoms with Crippen molar-refractivity contribution in [3.8, 4) is 0 Å². The van der Waals surface area contributed by atoms with Crippen molar-refractivity contribution in [2.75, 3.05) is 13.1 Å². The van der Waals surface area contributed by atoms with Gasteiger partial charge in [-0.2, -0.15) is 4.31 Å². The smallest absolute Gasteiger partial charge is 0.246 e. The van der Waals surface area contributed by atoms with Crippen LogP contribution in [0.5, 0.6) is 0 Å². The second-order valence-corrected chi connectivity index (χ2v) is 7.02. The number of furan rings is 1. The van der Waals surface area contributed by atoms with Crippen LogP contribution in [0.4, 0.5) is 0 Å². The maximum absolute atomic E-state index is 12.6. The number of hydrogen-bond acceptors (Lipinski definition) is 4. The van der Waals surface area contributed by atoms with Crippen LogP contribution >= 0.6 is 0 Å². The Morgan fingerprint density at radius 2 is 2.26 bits per heavy atom. The Bertz CT molecular complexity index is 536. The molecule has 0 radical (unpaired) electrons. The Kier molecular flexibility index (Phi) is 4.32. The number of piperidine rings is 1. The molecule has 1 atom stereocenters. The molecule has 1 saturated heterocycles. The summed E-state index contributed by atoms with van der Waals surface area (Å²) >= 11 is 0. The zero-order valence-electron chi connectivity index (χ0n) is 11.6. The first-order valence-electron chi connectivity index (χ1n) is 6.78. The van der Waals surface area contributed by atoms with Crippen LogP contribution < -0.4 is 5.73 Å². The van der Waals surface area contributed by atoms with Gasteiger partial charge in [0.1, 0.15) is 16.4 Å². The summed E-state index contributed by atoms with van der Waals surface area (Å²) in [5.41, 5.74) is 5.50. The highest BCUT2D eigenvalue weighted by Gasteiger charge is 2.32. The fourth-order valence-corrected chi connectivity index (χ4v) is 4.34. The highest BCUT2D eigenvalue weighted by molar-refractivity contribution is 7.89. The summed E-state index contributed by atoms with van der Waals surface area (Å²) in [6.07, 6.45) is 3.06. The molecule has 108 valence electrons. The minimum Gasteiger partial charge on any atom is -0.464 e. The van der Waals surface area contributed by atoms with E-state index in [-0.39, 0.29) is 11.4 Å². The third-order valence-corrected chi connectivity index (χ3v) is 5.77. The van der Waals surface area contributed by atoms with E-state index >= 15 is 0 Å². The quantitative estimate of drug-likeness (QED) is 0.916. The number of hydrogen-bond donors (Lipinski definition) is 1. The molecule has 1 fully saturated rings. The van der Waals surface area contributed by atoms with Crippen LogP contribution in [0.2, 0.25) is 0 Å². The van der Waals surface area contributed by atoms with Crippen molar-refractivity contribution in [3.63, 3.8) is 0 Å². The molecule has 0 aromatic carbocycles. The number of sulfonamides is 1. The van der Waals surface area contributed by atoms with Gasteiger partial charge in [0.15, 0.2) is 0 Å². The molecule has 0 aliphatic carbocycles. The van der Waals surface area contributed by atoms with Gasteiger partial charge in [-0.15, -0.1) is 0 Å². The summed E-state index contributed by atoms with van der Waals surface area (Å²) in [6, 6.07) is 1.56. The monoisotopic (exact) mass is 286 g/mol. The molecule has 1 aromatic rings. The maximum atomic E-state index is 12.6. The molecule has 1 aliphatic heterocycles. The number of nitrogens with two attached hydrogens (primary N) is 1. The predicted octanol–water partition coefficient (Wildman–Crippen LogP) is 1.86. The van der Waals surface area contributed by atoms with Crippen LogP contribution in [-0.2, 0) is 16.6 Å². The Hall–Kier alpha value is -0.850. The van der Waals surface area contributed by atoms with E-state index in [1.54, 1.807) is 17.3 Å². The molecule has 0 amide bonds. The van der Waals surface area contributed by atoms with Gasteiger partial charge < -0.3 is 10.2 Å². The molecule has 19 heavy (non-hydrogen) atoms. The molecule has 1 aliphatic rings. The van der Waals surface area contributed by atoms with E-state index in [2.05, 4.69) is 6.92 Å². The largest absolute Gasteiger partial charge is 0.464 e. The summed E-state index contributed by atoms with van der Waals surface area (Å²) in [6.45, 7) is 5.21. The van der Waals surface area contributed by atoms with Gasteiger partial charge >= 0.3 is 0 Å².